The highest BCUT2D eigenvalue weighted by atomic mass is 32.2. The molecule has 1 aromatic carbocycles. The first kappa shape index (κ1) is 20.0. The summed E-state index contributed by atoms with van der Waals surface area (Å²) in [7, 11) is 0. The van der Waals surface area contributed by atoms with Crippen LogP contribution >= 0.6 is 11.8 Å². The Bertz CT molecular complexity index is 783. The molecule has 1 heterocycles. The van der Waals surface area contributed by atoms with Gasteiger partial charge in [-0.3, -0.25) is 10.4 Å². The van der Waals surface area contributed by atoms with Gasteiger partial charge in [0, 0.05) is 28.7 Å². The summed E-state index contributed by atoms with van der Waals surface area (Å²) in [6.45, 7) is 8.79. The molecule has 0 unspecified atom stereocenters. The molecule has 1 aromatic rings. The predicted molar refractivity (Wildman–Crippen MR) is 116 cm³/mol. The number of nitrogens with zero attached hydrogens (tertiary/aromatic N) is 1. The SMILES string of the molecule is CCC/C=C(\C)N/C=C1C(c2ccc(N)cc2)=NCC(=N)S/C(C)=C\1C. The van der Waals surface area contributed by atoms with Crippen molar-refractivity contribution in [2.24, 2.45) is 4.99 Å². The van der Waals surface area contributed by atoms with Gasteiger partial charge in [0.1, 0.15) is 0 Å². The highest BCUT2D eigenvalue weighted by Gasteiger charge is 2.18. The smallest absolute Gasteiger partial charge is 0.0901 e. The monoisotopic (exact) mass is 368 g/mol. The summed E-state index contributed by atoms with van der Waals surface area (Å²) in [5, 5.41) is 12.1. The van der Waals surface area contributed by atoms with Crippen molar-refractivity contribution in [3.05, 3.63) is 63.9 Å². The van der Waals surface area contributed by atoms with E-state index in [0.29, 0.717) is 11.6 Å². The van der Waals surface area contributed by atoms with E-state index in [4.69, 9.17) is 16.1 Å². The van der Waals surface area contributed by atoms with Crippen LogP contribution in [0.1, 0.15) is 46.1 Å². The third-order valence-electron chi connectivity index (χ3n) is 4.21. The van der Waals surface area contributed by atoms with E-state index in [1.54, 1.807) is 0 Å². The molecular formula is C21H28N4S. The largest absolute Gasteiger partial charge is 0.399 e. The molecule has 0 aromatic heterocycles. The first-order valence-corrected chi connectivity index (χ1v) is 9.71. The predicted octanol–water partition coefficient (Wildman–Crippen LogP) is 5.25. The third kappa shape index (κ3) is 5.36. The van der Waals surface area contributed by atoms with E-state index < -0.39 is 0 Å². The Kier molecular flexibility index (Phi) is 7.27. The minimum absolute atomic E-state index is 0.386. The Hall–Kier alpha value is -2.27. The molecule has 0 fully saturated rings. The molecule has 0 radical (unpaired) electrons. The van der Waals surface area contributed by atoms with E-state index in [9.17, 15) is 0 Å². The first-order chi connectivity index (χ1) is 12.4. The van der Waals surface area contributed by atoms with E-state index >= 15 is 0 Å². The summed E-state index contributed by atoms with van der Waals surface area (Å²) in [4.78, 5) is 5.87. The molecule has 5 heteroatoms. The van der Waals surface area contributed by atoms with Crippen LogP contribution in [0, 0.1) is 5.41 Å². The van der Waals surface area contributed by atoms with Crippen molar-refractivity contribution < 1.29 is 0 Å². The maximum absolute atomic E-state index is 8.10. The number of allylic oxidation sites excluding steroid dienone is 5. The lowest BCUT2D eigenvalue weighted by atomic mass is 9.96. The summed E-state index contributed by atoms with van der Waals surface area (Å²) in [6, 6.07) is 7.76. The number of nitrogen functional groups attached to an aromatic ring is 1. The number of rotatable bonds is 5. The van der Waals surface area contributed by atoms with E-state index in [1.165, 1.54) is 11.8 Å². The summed E-state index contributed by atoms with van der Waals surface area (Å²) in [5.74, 6) is 0. The standard InChI is InChI=1S/C21H28N4S/c1-5-6-7-14(2)24-12-19-15(3)16(4)26-20(23)13-25-21(19)17-8-10-18(22)11-9-17/h7-12,23-24H,5-6,13,22H2,1-4H3/b14-7+,16-15-,19-12-,23-20?,25-21?. The number of unbranched alkanes of at least 4 members (excludes halogenated alkanes) is 1. The highest BCUT2D eigenvalue weighted by molar-refractivity contribution is 8.17. The van der Waals surface area contributed by atoms with Gasteiger partial charge in [-0.1, -0.05) is 43.3 Å². The molecule has 26 heavy (non-hydrogen) atoms. The number of nitrogens with one attached hydrogen (secondary N) is 2. The van der Waals surface area contributed by atoms with Crippen molar-refractivity contribution in [3.8, 4) is 0 Å². The van der Waals surface area contributed by atoms with Crippen LogP contribution in [0.4, 0.5) is 5.69 Å². The van der Waals surface area contributed by atoms with Gasteiger partial charge in [0.05, 0.1) is 17.3 Å². The maximum atomic E-state index is 8.10. The molecule has 4 N–H and O–H groups in total. The number of aliphatic imine (C=N–C) groups is 1. The number of anilines is 1. The first-order valence-electron chi connectivity index (χ1n) is 8.89. The number of nitrogens with two attached hydrogens (primary N) is 1. The average Bonchev–Trinajstić information content (AvgIpc) is 2.62. The second-order valence-corrected chi connectivity index (χ2v) is 7.68. The molecule has 0 saturated carbocycles. The maximum Gasteiger partial charge on any atom is 0.0901 e. The highest BCUT2D eigenvalue weighted by Crippen LogP contribution is 2.29. The third-order valence-corrected chi connectivity index (χ3v) is 5.20. The van der Waals surface area contributed by atoms with Crippen LogP contribution in [0.3, 0.4) is 0 Å². The fourth-order valence-corrected chi connectivity index (χ4v) is 3.33. The van der Waals surface area contributed by atoms with Crippen molar-refractivity contribution in [2.45, 2.75) is 40.5 Å². The van der Waals surface area contributed by atoms with E-state index in [-0.39, 0.29) is 0 Å². The Labute approximate surface area is 160 Å². The van der Waals surface area contributed by atoms with Crippen molar-refractivity contribution in [1.29, 1.82) is 5.41 Å². The minimum Gasteiger partial charge on any atom is -0.399 e. The van der Waals surface area contributed by atoms with Gasteiger partial charge in [-0.2, -0.15) is 0 Å². The molecule has 0 bridgehead atoms. The lowest BCUT2D eigenvalue weighted by molar-refractivity contribution is 0.923. The zero-order valence-corrected chi connectivity index (χ0v) is 16.8. The van der Waals surface area contributed by atoms with Crippen LogP contribution < -0.4 is 11.1 Å². The van der Waals surface area contributed by atoms with Gasteiger partial charge in [0.15, 0.2) is 0 Å². The zero-order chi connectivity index (χ0) is 19.1. The molecular weight excluding hydrogens is 340 g/mol. The second kappa shape index (κ2) is 9.43. The molecule has 0 atom stereocenters. The van der Waals surface area contributed by atoms with Crippen molar-refractivity contribution >= 4 is 28.2 Å². The van der Waals surface area contributed by atoms with Crippen LogP contribution in [0.5, 0.6) is 0 Å². The summed E-state index contributed by atoms with van der Waals surface area (Å²) in [5.41, 5.74) is 11.8. The molecule has 2 rings (SSSR count). The number of benzene rings is 1. The quantitative estimate of drug-likeness (QED) is 0.621. The van der Waals surface area contributed by atoms with Crippen molar-refractivity contribution in [1.82, 2.24) is 5.32 Å². The number of thioether (sulfide) groups is 1. The molecule has 0 amide bonds. The Morgan fingerprint density at radius 2 is 2.00 bits per heavy atom. The fourth-order valence-electron chi connectivity index (χ4n) is 2.57. The van der Waals surface area contributed by atoms with Crippen molar-refractivity contribution in [3.63, 3.8) is 0 Å². The number of hydrogen-bond acceptors (Lipinski definition) is 5. The van der Waals surface area contributed by atoms with E-state index in [2.05, 4.69) is 39.1 Å². The second-order valence-electron chi connectivity index (χ2n) is 6.37. The lowest BCUT2D eigenvalue weighted by Crippen LogP contribution is -2.16. The molecule has 1 aliphatic heterocycles. The zero-order valence-electron chi connectivity index (χ0n) is 16.0. The van der Waals surface area contributed by atoms with E-state index in [1.807, 2.05) is 30.5 Å². The van der Waals surface area contributed by atoms with Gasteiger partial charge >= 0.3 is 0 Å². The van der Waals surface area contributed by atoms with Gasteiger partial charge < -0.3 is 11.1 Å². The molecule has 138 valence electrons. The minimum atomic E-state index is 0.386. The molecule has 1 aliphatic rings. The van der Waals surface area contributed by atoms with Crippen LogP contribution in [-0.2, 0) is 0 Å². The van der Waals surface area contributed by atoms with Crippen LogP contribution in [0.25, 0.3) is 0 Å². The summed E-state index contributed by atoms with van der Waals surface area (Å²) in [6.07, 6.45) is 6.42. The molecule has 0 saturated heterocycles. The Morgan fingerprint density at radius 1 is 1.31 bits per heavy atom. The Balaban J connectivity index is 2.49. The van der Waals surface area contributed by atoms with Gasteiger partial charge in [-0.05, 0) is 49.8 Å². The lowest BCUT2D eigenvalue weighted by Gasteiger charge is -2.19. The molecule has 0 aliphatic carbocycles. The molecule has 0 spiro atoms. The fraction of sp³-hybridized carbons (Fsp3) is 0.333. The summed E-state index contributed by atoms with van der Waals surface area (Å²) >= 11 is 1.49. The van der Waals surface area contributed by atoms with Crippen molar-refractivity contribution in [2.75, 3.05) is 12.3 Å². The summed E-state index contributed by atoms with van der Waals surface area (Å²) < 4.78 is 0. The van der Waals surface area contributed by atoms with Gasteiger partial charge in [-0.25, -0.2) is 0 Å². The normalized spacial score (nSPS) is 20.6. The topological polar surface area (TPSA) is 74.3 Å². The number of hydrogen-bond donors (Lipinski definition) is 3. The average molecular weight is 369 g/mol. The molecule has 4 nitrogen and oxygen atoms in total. The van der Waals surface area contributed by atoms with Gasteiger partial charge in [-0.15, -0.1) is 0 Å². The van der Waals surface area contributed by atoms with Crippen LogP contribution in [-0.4, -0.2) is 17.3 Å². The van der Waals surface area contributed by atoms with Crippen LogP contribution in [0.2, 0.25) is 0 Å². The van der Waals surface area contributed by atoms with Crippen LogP contribution in [0.15, 0.2) is 63.3 Å². The van der Waals surface area contributed by atoms with E-state index in [0.717, 1.165) is 51.6 Å². The van der Waals surface area contributed by atoms with Gasteiger partial charge in [0.2, 0.25) is 0 Å². The van der Waals surface area contributed by atoms with Gasteiger partial charge in [0.25, 0.3) is 0 Å². The Morgan fingerprint density at radius 3 is 2.65 bits per heavy atom.